The second-order valence-electron chi connectivity index (χ2n) is 5.35. The van der Waals surface area contributed by atoms with Crippen LogP contribution in [0.1, 0.15) is 13.3 Å². The lowest BCUT2D eigenvalue weighted by atomic mass is 9.91. The number of nitrogens with zero attached hydrogens (tertiary/aromatic N) is 1. The van der Waals surface area contributed by atoms with Gasteiger partial charge in [0.1, 0.15) is 10.7 Å². The monoisotopic (exact) mass is 336 g/mol. The lowest BCUT2D eigenvalue weighted by molar-refractivity contribution is 0.153. The van der Waals surface area contributed by atoms with Gasteiger partial charge in [-0.15, -0.1) is 0 Å². The van der Waals surface area contributed by atoms with Crippen molar-refractivity contribution in [2.45, 2.75) is 28.7 Å². The normalized spacial score (nSPS) is 19.2. The van der Waals surface area contributed by atoms with Gasteiger partial charge in [0, 0.05) is 24.9 Å². The number of sulfonamides is 1. The highest BCUT2D eigenvalue weighted by atomic mass is 32.2. The molecule has 2 rings (SSSR count). The minimum atomic E-state index is -4.08. The van der Waals surface area contributed by atoms with Gasteiger partial charge in [0.05, 0.1) is 4.90 Å². The molecule has 0 spiro atoms. The van der Waals surface area contributed by atoms with Crippen LogP contribution in [0.2, 0.25) is 0 Å². The van der Waals surface area contributed by atoms with E-state index in [1.807, 2.05) is 6.92 Å². The van der Waals surface area contributed by atoms with Crippen molar-refractivity contribution in [1.29, 1.82) is 0 Å². The lowest BCUT2D eigenvalue weighted by Crippen LogP contribution is -2.68. The van der Waals surface area contributed by atoms with E-state index in [0.717, 1.165) is 28.8 Å². The maximum atomic E-state index is 13.8. The molecule has 1 aliphatic rings. The molecule has 118 valence electrons. The van der Waals surface area contributed by atoms with Crippen LogP contribution in [0, 0.1) is 5.82 Å². The van der Waals surface area contributed by atoms with Gasteiger partial charge in [-0.2, -0.15) is 4.31 Å². The van der Waals surface area contributed by atoms with Crippen LogP contribution in [-0.2, 0) is 19.9 Å². The molecule has 0 unspecified atom stereocenters. The Morgan fingerprint density at radius 3 is 2.33 bits per heavy atom. The molecule has 21 heavy (non-hydrogen) atoms. The highest BCUT2D eigenvalue weighted by Crippen LogP contribution is 2.30. The van der Waals surface area contributed by atoms with Crippen LogP contribution >= 0.6 is 0 Å². The topological polar surface area (TPSA) is 97.5 Å². The van der Waals surface area contributed by atoms with E-state index < -0.39 is 36.1 Å². The standard InChI is InChI=1S/C12H17FN2O4S2/c1-3-12(14)7-15(8-12)21(18,19)11-6-9(20(2,16)17)4-5-10(11)13/h4-6H,3,7-8,14H2,1-2H3. The van der Waals surface area contributed by atoms with Crippen molar-refractivity contribution in [3.05, 3.63) is 24.0 Å². The number of benzene rings is 1. The quantitative estimate of drug-likeness (QED) is 0.800. The van der Waals surface area contributed by atoms with Crippen molar-refractivity contribution in [3.63, 3.8) is 0 Å². The van der Waals surface area contributed by atoms with Gasteiger partial charge in [-0.1, -0.05) is 6.92 Å². The number of hydrogen-bond donors (Lipinski definition) is 1. The fraction of sp³-hybridized carbons (Fsp3) is 0.500. The van der Waals surface area contributed by atoms with Crippen molar-refractivity contribution in [1.82, 2.24) is 4.31 Å². The van der Waals surface area contributed by atoms with Gasteiger partial charge in [0.25, 0.3) is 0 Å². The van der Waals surface area contributed by atoms with E-state index in [4.69, 9.17) is 5.73 Å². The molecule has 0 bridgehead atoms. The summed E-state index contributed by atoms with van der Waals surface area (Å²) in [7, 11) is -7.70. The van der Waals surface area contributed by atoms with E-state index >= 15 is 0 Å². The first-order valence-corrected chi connectivity index (χ1v) is 9.61. The molecule has 9 heteroatoms. The minimum absolute atomic E-state index is 0.0916. The summed E-state index contributed by atoms with van der Waals surface area (Å²) in [4.78, 5) is -0.874. The molecule has 0 aliphatic carbocycles. The van der Waals surface area contributed by atoms with Crippen molar-refractivity contribution in [3.8, 4) is 0 Å². The minimum Gasteiger partial charge on any atom is -0.323 e. The van der Waals surface area contributed by atoms with Crippen LogP contribution < -0.4 is 5.73 Å². The fourth-order valence-electron chi connectivity index (χ4n) is 2.10. The highest BCUT2D eigenvalue weighted by molar-refractivity contribution is 7.91. The number of sulfone groups is 1. The third kappa shape index (κ3) is 2.96. The van der Waals surface area contributed by atoms with Gasteiger partial charge in [0.15, 0.2) is 9.84 Å². The second kappa shape index (κ2) is 5.01. The van der Waals surface area contributed by atoms with Crippen molar-refractivity contribution in [2.75, 3.05) is 19.3 Å². The lowest BCUT2D eigenvalue weighted by Gasteiger charge is -2.46. The van der Waals surface area contributed by atoms with E-state index in [0.29, 0.717) is 6.42 Å². The first kappa shape index (κ1) is 16.3. The summed E-state index contributed by atoms with van der Waals surface area (Å²) in [6, 6.07) is 2.74. The van der Waals surface area contributed by atoms with Crippen molar-refractivity contribution < 1.29 is 21.2 Å². The summed E-state index contributed by atoms with van der Waals surface area (Å²) >= 11 is 0. The Bertz CT molecular complexity index is 768. The van der Waals surface area contributed by atoms with Gasteiger partial charge in [0.2, 0.25) is 10.0 Å². The van der Waals surface area contributed by atoms with E-state index in [9.17, 15) is 21.2 Å². The summed E-state index contributed by atoms with van der Waals surface area (Å²) in [6.07, 6.45) is 1.53. The smallest absolute Gasteiger partial charge is 0.246 e. The Hall–Kier alpha value is -1.03. The zero-order valence-electron chi connectivity index (χ0n) is 11.7. The maximum Gasteiger partial charge on any atom is 0.246 e. The number of hydrogen-bond acceptors (Lipinski definition) is 5. The number of nitrogens with two attached hydrogens (primary N) is 1. The SMILES string of the molecule is CCC1(N)CN(S(=O)(=O)c2cc(S(C)(=O)=O)ccc2F)C1. The van der Waals surface area contributed by atoms with Crippen LogP contribution in [0.15, 0.2) is 28.0 Å². The van der Waals surface area contributed by atoms with E-state index in [1.54, 1.807) is 0 Å². The molecular weight excluding hydrogens is 319 g/mol. The molecule has 2 N–H and O–H groups in total. The average molecular weight is 336 g/mol. The Morgan fingerprint density at radius 2 is 1.86 bits per heavy atom. The molecule has 6 nitrogen and oxygen atoms in total. The van der Waals surface area contributed by atoms with Crippen molar-refractivity contribution in [2.24, 2.45) is 5.73 Å². The summed E-state index contributed by atoms with van der Waals surface area (Å²) in [5.74, 6) is -0.978. The molecule has 0 radical (unpaired) electrons. The zero-order chi connectivity index (χ0) is 16.1. The molecule has 1 aliphatic heterocycles. The molecule has 1 aromatic carbocycles. The Balaban J connectivity index is 2.42. The highest BCUT2D eigenvalue weighted by Gasteiger charge is 2.45. The molecule has 0 atom stereocenters. The van der Waals surface area contributed by atoms with Crippen LogP contribution in [-0.4, -0.2) is 46.0 Å². The molecule has 0 amide bonds. The summed E-state index contributed by atoms with van der Waals surface area (Å²) in [5.41, 5.74) is 5.31. The van der Waals surface area contributed by atoms with Crippen LogP contribution in [0.3, 0.4) is 0 Å². The molecular formula is C12H17FN2O4S2. The molecule has 1 aromatic rings. The number of halogens is 1. The van der Waals surface area contributed by atoms with Crippen LogP contribution in [0.4, 0.5) is 4.39 Å². The van der Waals surface area contributed by atoms with Crippen molar-refractivity contribution >= 4 is 19.9 Å². The second-order valence-corrected chi connectivity index (χ2v) is 9.28. The predicted octanol–water partition coefficient (Wildman–Crippen LogP) is 0.341. The third-order valence-electron chi connectivity index (χ3n) is 3.64. The van der Waals surface area contributed by atoms with E-state index in [-0.39, 0.29) is 18.0 Å². The van der Waals surface area contributed by atoms with Crippen LogP contribution in [0.5, 0.6) is 0 Å². The Labute approximate surface area is 123 Å². The van der Waals surface area contributed by atoms with Crippen LogP contribution in [0.25, 0.3) is 0 Å². The first-order chi connectivity index (χ1) is 9.49. The summed E-state index contributed by atoms with van der Waals surface area (Å²) < 4.78 is 62.5. The summed E-state index contributed by atoms with van der Waals surface area (Å²) in [6.45, 7) is 2.03. The largest absolute Gasteiger partial charge is 0.323 e. The summed E-state index contributed by atoms with van der Waals surface area (Å²) in [5, 5.41) is 0. The molecule has 1 saturated heterocycles. The van der Waals surface area contributed by atoms with Gasteiger partial charge in [-0.3, -0.25) is 0 Å². The van der Waals surface area contributed by atoms with Gasteiger partial charge >= 0.3 is 0 Å². The van der Waals surface area contributed by atoms with E-state index in [1.165, 1.54) is 0 Å². The van der Waals surface area contributed by atoms with Gasteiger partial charge < -0.3 is 5.73 Å². The molecule has 1 fully saturated rings. The predicted molar refractivity (Wildman–Crippen MR) is 75.5 cm³/mol. The fourth-order valence-corrected chi connectivity index (χ4v) is 4.55. The molecule has 0 aromatic heterocycles. The molecule has 0 saturated carbocycles. The zero-order valence-corrected chi connectivity index (χ0v) is 13.3. The third-order valence-corrected chi connectivity index (χ3v) is 6.55. The Kier molecular flexibility index (Phi) is 3.90. The van der Waals surface area contributed by atoms with E-state index in [2.05, 4.69) is 0 Å². The number of rotatable bonds is 4. The Morgan fingerprint density at radius 1 is 1.29 bits per heavy atom. The van der Waals surface area contributed by atoms with Gasteiger partial charge in [-0.05, 0) is 24.6 Å². The first-order valence-electron chi connectivity index (χ1n) is 6.28. The maximum absolute atomic E-state index is 13.8. The molecule has 1 heterocycles. The van der Waals surface area contributed by atoms with Gasteiger partial charge in [-0.25, -0.2) is 21.2 Å². The average Bonchev–Trinajstić information content (AvgIpc) is 2.33.